The summed E-state index contributed by atoms with van der Waals surface area (Å²) in [6.45, 7) is 0. The molecule has 7 heteroatoms. The molecule has 0 bridgehead atoms. The molecule has 0 N–H and O–H groups in total. The third-order valence-corrected chi connectivity index (χ3v) is 3.36. The first-order valence-corrected chi connectivity index (χ1v) is 5.67. The lowest BCUT2D eigenvalue weighted by molar-refractivity contribution is 0.234. The van der Waals surface area contributed by atoms with Crippen LogP contribution in [0.4, 0.5) is 8.78 Å². The molecule has 0 fully saturated rings. The summed E-state index contributed by atoms with van der Waals surface area (Å²) in [6, 6.07) is 3.17. The maximum Gasteiger partial charge on any atom is 0.341 e. The van der Waals surface area contributed by atoms with Gasteiger partial charge in [-0.15, -0.1) is 0 Å². The molecule has 0 heterocycles. The van der Waals surface area contributed by atoms with Gasteiger partial charge in [0, 0.05) is 0 Å². The van der Waals surface area contributed by atoms with E-state index in [0.717, 1.165) is 12.1 Å². The van der Waals surface area contributed by atoms with Gasteiger partial charge in [-0.3, -0.25) is 0 Å². The number of halogens is 3. The Labute approximate surface area is 90.5 Å². The van der Waals surface area contributed by atoms with Gasteiger partial charge in [0.25, 0.3) is 0 Å². The molecule has 3 nitrogen and oxygen atoms in total. The smallest absolute Gasteiger partial charge is 0.341 e. The molecule has 0 saturated carbocycles. The molecule has 15 heavy (non-hydrogen) atoms. The summed E-state index contributed by atoms with van der Waals surface area (Å²) in [5.41, 5.74) is 0. The minimum atomic E-state index is -4.60. The second-order valence-corrected chi connectivity index (χ2v) is 4.93. The van der Waals surface area contributed by atoms with Gasteiger partial charge in [0.1, 0.15) is 5.75 Å². The van der Waals surface area contributed by atoms with Crippen LogP contribution in [0.2, 0.25) is 5.02 Å². The van der Waals surface area contributed by atoms with Gasteiger partial charge in [-0.25, -0.2) is 8.42 Å². The molecule has 0 amide bonds. The molecule has 1 rings (SSSR count). The van der Waals surface area contributed by atoms with Crippen LogP contribution in [0.15, 0.2) is 23.1 Å². The van der Waals surface area contributed by atoms with Crippen molar-refractivity contribution < 1.29 is 21.9 Å². The van der Waals surface area contributed by atoms with Crippen LogP contribution in [0, 0.1) is 0 Å². The summed E-state index contributed by atoms with van der Waals surface area (Å²) < 4.78 is 51.1. The summed E-state index contributed by atoms with van der Waals surface area (Å²) in [4.78, 5) is -0.525. The zero-order valence-electron chi connectivity index (χ0n) is 7.58. The Morgan fingerprint density at radius 3 is 2.40 bits per heavy atom. The Morgan fingerprint density at radius 2 is 2.00 bits per heavy atom. The van der Waals surface area contributed by atoms with Crippen molar-refractivity contribution in [2.45, 2.75) is 10.7 Å². The van der Waals surface area contributed by atoms with Crippen LogP contribution in [0.1, 0.15) is 0 Å². The Bertz CT molecular complexity index is 459. The molecule has 0 spiro atoms. The summed E-state index contributed by atoms with van der Waals surface area (Å²) in [6.07, 6.45) is 0. The zero-order chi connectivity index (χ0) is 11.6. The topological polar surface area (TPSA) is 43.4 Å². The largest absolute Gasteiger partial charge is 0.495 e. The Kier molecular flexibility index (Phi) is 3.51. The van der Waals surface area contributed by atoms with Crippen LogP contribution >= 0.6 is 11.6 Å². The molecule has 0 saturated heterocycles. The van der Waals surface area contributed by atoms with Gasteiger partial charge in [0.2, 0.25) is 9.84 Å². The molecule has 0 aliphatic heterocycles. The highest BCUT2D eigenvalue weighted by Gasteiger charge is 2.27. The lowest BCUT2D eigenvalue weighted by Crippen LogP contribution is -2.11. The zero-order valence-corrected chi connectivity index (χ0v) is 9.15. The summed E-state index contributed by atoms with van der Waals surface area (Å²) in [7, 11) is -3.26. The van der Waals surface area contributed by atoms with Gasteiger partial charge in [0.05, 0.1) is 17.0 Å². The number of hydrogen-bond donors (Lipinski definition) is 0. The fourth-order valence-corrected chi connectivity index (χ4v) is 1.99. The van der Waals surface area contributed by atoms with E-state index in [0.29, 0.717) is 0 Å². The maximum atomic E-state index is 12.2. The number of alkyl halides is 2. The van der Waals surface area contributed by atoms with Crippen LogP contribution < -0.4 is 4.74 Å². The van der Waals surface area contributed by atoms with E-state index in [1.165, 1.54) is 13.2 Å². The summed E-state index contributed by atoms with van der Waals surface area (Å²) >= 11 is 5.61. The highest BCUT2D eigenvalue weighted by Crippen LogP contribution is 2.28. The molecule has 1 aromatic carbocycles. The van der Waals surface area contributed by atoms with Gasteiger partial charge >= 0.3 is 5.76 Å². The molecular weight excluding hydrogens is 250 g/mol. The average molecular weight is 257 g/mol. The van der Waals surface area contributed by atoms with Crippen LogP contribution in [-0.2, 0) is 9.84 Å². The van der Waals surface area contributed by atoms with E-state index in [2.05, 4.69) is 0 Å². The number of sulfone groups is 1. The van der Waals surface area contributed by atoms with E-state index in [4.69, 9.17) is 16.3 Å². The molecule has 0 aliphatic carbocycles. The van der Waals surface area contributed by atoms with Gasteiger partial charge in [-0.1, -0.05) is 11.6 Å². The minimum Gasteiger partial charge on any atom is -0.495 e. The van der Waals surface area contributed by atoms with Crippen LogP contribution in [0.5, 0.6) is 5.75 Å². The van der Waals surface area contributed by atoms with Gasteiger partial charge in [0.15, 0.2) is 0 Å². The van der Waals surface area contributed by atoms with E-state index in [9.17, 15) is 17.2 Å². The number of hydrogen-bond acceptors (Lipinski definition) is 3. The Balaban J connectivity index is 3.25. The van der Waals surface area contributed by atoms with Gasteiger partial charge in [-0.2, -0.15) is 8.78 Å². The Hall–Kier alpha value is -0.880. The maximum absolute atomic E-state index is 12.2. The van der Waals surface area contributed by atoms with Crippen molar-refractivity contribution in [1.82, 2.24) is 0 Å². The van der Waals surface area contributed by atoms with Crippen molar-refractivity contribution in [3.8, 4) is 5.75 Å². The quantitative estimate of drug-likeness (QED) is 0.834. The lowest BCUT2D eigenvalue weighted by atomic mass is 10.3. The molecule has 0 aliphatic rings. The van der Waals surface area contributed by atoms with Crippen molar-refractivity contribution >= 4 is 21.4 Å². The molecule has 0 unspecified atom stereocenters. The molecule has 0 radical (unpaired) electrons. The van der Waals surface area contributed by atoms with Crippen molar-refractivity contribution in [3.63, 3.8) is 0 Å². The second kappa shape index (κ2) is 4.32. The predicted molar refractivity (Wildman–Crippen MR) is 51.2 cm³/mol. The van der Waals surface area contributed by atoms with E-state index >= 15 is 0 Å². The van der Waals surface area contributed by atoms with Crippen molar-refractivity contribution in [2.24, 2.45) is 0 Å². The number of methoxy groups -OCH3 is 1. The van der Waals surface area contributed by atoms with E-state index < -0.39 is 20.5 Å². The first-order valence-electron chi connectivity index (χ1n) is 3.75. The predicted octanol–water partition coefficient (Wildman–Crippen LogP) is 2.34. The summed E-state index contributed by atoms with van der Waals surface area (Å²) in [5, 5.41) is -0.0285. The number of benzene rings is 1. The highest BCUT2D eigenvalue weighted by molar-refractivity contribution is 7.91. The normalized spacial score (nSPS) is 11.8. The molecule has 1 aromatic rings. The standard InChI is InChI=1S/C8H7ClF2O3S/c1-14-7-3-2-5(4-6(7)9)15(12,13)8(10)11/h2-4,8H,1H3. The first kappa shape index (κ1) is 12.2. The minimum absolute atomic E-state index is 0.0285. The summed E-state index contributed by atoms with van der Waals surface area (Å²) in [5.74, 6) is -3.23. The number of ether oxygens (including phenoxy) is 1. The van der Waals surface area contributed by atoms with Crippen LogP contribution in [-0.4, -0.2) is 21.3 Å². The van der Waals surface area contributed by atoms with Crippen molar-refractivity contribution in [3.05, 3.63) is 23.2 Å². The number of rotatable bonds is 3. The van der Waals surface area contributed by atoms with Gasteiger partial charge in [-0.05, 0) is 18.2 Å². The van der Waals surface area contributed by atoms with Crippen molar-refractivity contribution in [1.29, 1.82) is 0 Å². The highest BCUT2D eigenvalue weighted by atomic mass is 35.5. The molecule has 84 valence electrons. The fraction of sp³-hybridized carbons (Fsp3) is 0.250. The SMILES string of the molecule is COc1ccc(S(=O)(=O)C(F)F)cc1Cl. The average Bonchev–Trinajstić information content (AvgIpc) is 2.17. The second-order valence-electron chi connectivity index (χ2n) is 2.60. The lowest BCUT2D eigenvalue weighted by Gasteiger charge is -2.06. The Morgan fingerprint density at radius 1 is 1.40 bits per heavy atom. The van der Waals surface area contributed by atoms with Gasteiger partial charge < -0.3 is 4.74 Å². The van der Waals surface area contributed by atoms with Crippen LogP contribution in [0.3, 0.4) is 0 Å². The fourth-order valence-electron chi connectivity index (χ4n) is 0.927. The van der Waals surface area contributed by atoms with E-state index in [-0.39, 0.29) is 10.8 Å². The van der Waals surface area contributed by atoms with Crippen molar-refractivity contribution in [2.75, 3.05) is 7.11 Å². The molecular formula is C8H7ClF2O3S. The molecule has 0 atom stereocenters. The third kappa shape index (κ3) is 2.38. The van der Waals surface area contributed by atoms with Crippen LogP contribution in [0.25, 0.3) is 0 Å². The molecule has 0 aromatic heterocycles. The first-order chi connectivity index (χ1) is 6.89. The van der Waals surface area contributed by atoms with E-state index in [1.54, 1.807) is 0 Å². The third-order valence-electron chi connectivity index (χ3n) is 1.69. The van der Waals surface area contributed by atoms with E-state index in [1.807, 2.05) is 0 Å². The monoisotopic (exact) mass is 256 g/mol.